The quantitative estimate of drug-likeness (QED) is 0.657. The SMILES string of the molecule is C=Cc1cc2nc(C)sc2s1. The van der Waals surface area contributed by atoms with E-state index in [9.17, 15) is 0 Å². The lowest BCUT2D eigenvalue weighted by molar-refractivity contribution is 1.35. The monoisotopic (exact) mass is 181 g/mol. The van der Waals surface area contributed by atoms with Gasteiger partial charge in [0.15, 0.2) is 0 Å². The van der Waals surface area contributed by atoms with E-state index >= 15 is 0 Å². The summed E-state index contributed by atoms with van der Waals surface area (Å²) in [6.45, 7) is 5.75. The highest BCUT2D eigenvalue weighted by Gasteiger charge is 2.02. The first-order chi connectivity index (χ1) is 5.29. The Hall–Kier alpha value is -0.670. The zero-order chi connectivity index (χ0) is 7.84. The lowest BCUT2D eigenvalue weighted by Gasteiger charge is -1.76. The fraction of sp³-hybridized carbons (Fsp3) is 0.125. The summed E-state index contributed by atoms with van der Waals surface area (Å²) in [5.74, 6) is 0. The molecular weight excluding hydrogens is 174 g/mol. The molecule has 0 aliphatic carbocycles. The fourth-order valence-electron chi connectivity index (χ4n) is 0.961. The first kappa shape index (κ1) is 7.00. The minimum Gasteiger partial charge on any atom is -0.241 e. The first-order valence-electron chi connectivity index (χ1n) is 3.29. The van der Waals surface area contributed by atoms with Crippen molar-refractivity contribution < 1.29 is 0 Å². The minimum absolute atomic E-state index is 1.12. The number of hydrogen-bond donors (Lipinski definition) is 0. The van der Waals surface area contributed by atoms with Crippen molar-refractivity contribution in [1.82, 2.24) is 4.98 Å². The van der Waals surface area contributed by atoms with E-state index in [1.165, 1.54) is 8.89 Å². The predicted molar refractivity (Wildman–Crippen MR) is 52.3 cm³/mol. The standard InChI is InChI=1S/C8H7NS2/c1-3-6-4-7-8(11-6)10-5(2)9-7/h3-4H,1H2,2H3. The van der Waals surface area contributed by atoms with E-state index in [4.69, 9.17) is 0 Å². The molecule has 0 unspecified atom stereocenters. The molecule has 0 amide bonds. The van der Waals surface area contributed by atoms with Crippen LogP contribution in [-0.2, 0) is 0 Å². The van der Waals surface area contributed by atoms with Crippen LogP contribution in [0.15, 0.2) is 12.6 Å². The minimum atomic E-state index is 1.12. The largest absolute Gasteiger partial charge is 0.241 e. The van der Waals surface area contributed by atoms with Crippen molar-refractivity contribution >= 4 is 38.3 Å². The molecule has 1 nitrogen and oxygen atoms in total. The number of fused-ring (bicyclic) bond motifs is 1. The van der Waals surface area contributed by atoms with Crippen LogP contribution in [0.1, 0.15) is 9.88 Å². The molecule has 0 spiro atoms. The van der Waals surface area contributed by atoms with Crippen molar-refractivity contribution in [2.24, 2.45) is 0 Å². The van der Waals surface area contributed by atoms with Crippen LogP contribution in [0.2, 0.25) is 0 Å². The summed E-state index contributed by atoms with van der Waals surface area (Å²) in [6.07, 6.45) is 1.87. The Morgan fingerprint density at radius 1 is 1.55 bits per heavy atom. The van der Waals surface area contributed by atoms with Crippen LogP contribution in [0.25, 0.3) is 15.6 Å². The molecule has 0 N–H and O–H groups in total. The van der Waals surface area contributed by atoms with Gasteiger partial charge in [0.2, 0.25) is 0 Å². The van der Waals surface area contributed by atoms with Gasteiger partial charge in [-0.25, -0.2) is 4.98 Å². The number of thiazole rings is 1. The fourth-order valence-corrected chi connectivity index (χ4v) is 3.08. The molecule has 0 fully saturated rings. The topological polar surface area (TPSA) is 12.9 Å². The van der Waals surface area contributed by atoms with E-state index in [2.05, 4.69) is 17.6 Å². The van der Waals surface area contributed by atoms with E-state index in [-0.39, 0.29) is 0 Å². The van der Waals surface area contributed by atoms with Crippen molar-refractivity contribution in [1.29, 1.82) is 0 Å². The number of hydrogen-bond acceptors (Lipinski definition) is 3. The average Bonchev–Trinajstić information content (AvgIpc) is 2.43. The highest BCUT2D eigenvalue weighted by molar-refractivity contribution is 7.38. The van der Waals surface area contributed by atoms with Crippen LogP contribution in [0, 0.1) is 6.92 Å². The molecular formula is C8H7NS2. The third-order valence-corrected chi connectivity index (χ3v) is 3.61. The molecule has 0 aliphatic rings. The van der Waals surface area contributed by atoms with Crippen LogP contribution < -0.4 is 0 Å². The van der Waals surface area contributed by atoms with Crippen LogP contribution in [-0.4, -0.2) is 4.98 Å². The Morgan fingerprint density at radius 3 is 3.00 bits per heavy atom. The third kappa shape index (κ3) is 1.10. The molecule has 2 rings (SSSR count). The lowest BCUT2D eigenvalue weighted by Crippen LogP contribution is -1.63. The van der Waals surface area contributed by atoms with E-state index < -0.39 is 0 Å². The summed E-state index contributed by atoms with van der Waals surface area (Å²) < 4.78 is 1.30. The highest BCUT2D eigenvalue weighted by Crippen LogP contribution is 2.30. The van der Waals surface area contributed by atoms with Crippen LogP contribution in [0.5, 0.6) is 0 Å². The van der Waals surface area contributed by atoms with Gasteiger partial charge in [0.25, 0.3) is 0 Å². The van der Waals surface area contributed by atoms with Gasteiger partial charge >= 0.3 is 0 Å². The molecule has 0 radical (unpaired) electrons. The van der Waals surface area contributed by atoms with Gasteiger partial charge in [0.05, 0.1) is 10.5 Å². The molecule has 2 aromatic rings. The first-order valence-corrected chi connectivity index (χ1v) is 4.92. The Balaban J connectivity index is 2.72. The normalized spacial score (nSPS) is 10.6. The van der Waals surface area contributed by atoms with Gasteiger partial charge in [-0.2, -0.15) is 0 Å². The molecule has 0 atom stereocenters. The van der Waals surface area contributed by atoms with Gasteiger partial charge in [-0.05, 0) is 13.0 Å². The highest BCUT2D eigenvalue weighted by atomic mass is 32.2. The molecule has 0 bridgehead atoms. The van der Waals surface area contributed by atoms with Gasteiger partial charge in [0.1, 0.15) is 4.01 Å². The molecule has 11 heavy (non-hydrogen) atoms. The smallest absolute Gasteiger partial charge is 0.107 e. The molecule has 0 aromatic carbocycles. The number of aryl methyl sites for hydroxylation is 1. The molecule has 2 heterocycles. The molecule has 0 saturated carbocycles. The van der Waals surface area contributed by atoms with Crippen molar-refractivity contribution in [2.45, 2.75) is 6.92 Å². The van der Waals surface area contributed by atoms with E-state index in [1.807, 2.05) is 13.0 Å². The van der Waals surface area contributed by atoms with Gasteiger partial charge in [-0.3, -0.25) is 0 Å². The van der Waals surface area contributed by atoms with Crippen molar-refractivity contribution in [3.8, 4) is 0 Å². The maximum atomic E-state index is 4.36. The van der Waals surface area contributed by atoms with Crippen molar-refractivity contribution in [2.75, 3.05) is 0 Å². The zero-order valence-electron chi connectivity index (χ0n) is 6.13. The molecule has 0 saturated heterocycles. The summed E-state index contributed by atoms with van der Waals surface area (Å²) in [7, 11) is 0. The Morgan fingerprint density at radius 2 is 2.36 bits per heavy atom. The van der Waals surface area contributed by atoms with Crippen molar-refractivity contribution in [3.63, 3.8) is 0 Å². The second kappa shape index (κ2) is 2.43. The van der Waals surface area contributed by atoms with Gasteiger partial charge in [0, 0.05) is 4.88 Å². The summed E-state index contributed by atoms with van der Waals surface area (Å²) in [4.78, 5) is 5.57. The Kier molecular flexibility index (Phi) is 1.55. The lowest BCUT2D eigenvalue weighted by atomic mass is 10.4. The van der Waals surface area contributed by atoms with Crippen LogP contribution in [0.4, 0.5) is 0 Å². The maximum Gasteiger partial charge on any atom is 0.107 e. The number of nitrogens with zero attached hydrogens (tertiary/aromatic N) is 1. The van der Waals surface area contributed by atoms with Gasteiger partial charge in [-0.15, -0.1) is 22.7 Å². The molecule has 56 valence electrons. The third-order valence-electron chi connectivity index (χ3n) is 1.42. The number of thiophene rings is 1. The maximum absolute atomic E-state index is 4.36. The van der Waals surface area contributed by atoms with E-state index in [1.54, 1.807) is 22.7 Å². The van der Waals surface area contributed by atoms with Crippen LogP contribution >= 0.6 is 22.7 Å². The Bertz CT molecular complexity index is 366. The molecule has 2 aromatic heterocycles. The second-order valence-corrected chi connectivity index (χ2v) is 4.80. The van der Waals surface area contributed by atoms with Crippen LogP contribution in [0.3, 0.4) is 0 Å². The summed E-state index contributed by atoms with van der Waals surface area (Å²) in [5, 5.41) is 1.14. The number of aromatic nitrogens is 1. The van der Waals surface area contributed by atoms with E-state index in [0.29, 0.717) is 0 Å². The van der Waals surface area contributed by atoms with Gasteiger partial charge < -0.3 is 0 Å². The number of rotatable bonds is 1. The molecule has 3 heteroatoms. The summed E-state index contributed by atoms with van der Waals surface area (Å²) >= 11 is 3.50. The van der Waals surface area contributed by atoms with Crippen molar-refractivity contribution in [3.05, 3.63) is 22.5 Å². The summed E-state index contributed by atoms with van der Waals surface area (Å²) in [5.41, 5.74) is 1.12. The van der Waals surface area contributed by atoms with E-state index in [0.717, 1.165) is 10.5 Å². The van der Waals surface area contributed by atoms with Gasteiger partial charge in [-0.1, -0.05) is 12.7 Å². The second-order valence-electron chi connectivity index (χ2n) is 2.26. The molecule has 0 aliphatic heterocycles. The zero-order valence-corrected chi connectivity index (χ0v) is 7.76. The Labute approximate surface area is 73.0 Å². The summed E-state index contributed by atoms with van der Waals surface area (Å²) in [6, 6.07) is 2.08. The average molecular weight is 181 g/mol. The predicted octanol–water partition coefficient (Wildman–Crippen LogP) is 3.31.